The molecular weight excluding hydrogens is 416 g/mol. The Balaban J connectivity index is 1.35. The Morgan fingerprint density at radius 3 is 2.97 bits per heavy atom. The minimum Gasteiger partial charge on any atom is -0.497 e. The highest BCUT2D eigenvalue weighted by Gasteiger charge is 2.24. The maximum Gasteiger partial charge on any atom is 0.233 e. The van der Waals surface area contributed by atoms with Crippen LogP contribution in [0.25, 0.3) is 0 Å². The molecule has 30 heavy (non-hydrogen) atoms. The van der Waals surface area contributed by atoms with Gasteiger partial charge in [0.25, 0.3) is 0 Å². The summed E-state index contributed by atoms with van der Waals surface area (Å²) in [5.41, 5.74) is 3.46. The lowest BCUT2D eigenvalue weighted by Crippen LogP contribution is -2.35. The zero-order valence-corrected chi connectivity index (χ0v) is 18.6. The summed E-state index contributed by atoms with van der Waals surface area (Å²) in [6.07, 6.45) is 3.16. The molecule has 1 aliphatic rings. The van der Waals surface area contributed by atoms with Crippen molar-refractivity contribution < 1.29 is 9.53 Å². The van der Waals surface area contributed by atoms with Crippen LogP contribution in [0, 0.1) is 0 Å². The van der Waals surface area contributed by atoms with Crippen molar-refractivity contribution in [1.29, 1.82) is 0 Å². The summed E-state index contributed by atoms with van der Waals surface area (Å²) in [6.45, 7) is 1.91. The Bertz CT molecular complexity index is 1020. The number of anilines is 2. The molecule has 2 aromatic carbocycles. The van der Waals surface area contributed by atoms with E-state index in [1.54, 1.807) is 7.11 Å². The number of aromatic nitrogens is 2. The van der Waals surface area contributed by atoms with Crippen LogP contribution < -0.4 is 15.4 Å². The zero-order valence-electron chi connectivity index (χ0n) is 16.9. The number of amides is 1. The summed E-state index contributed by atoms with van der Waals surface area (Å²) in [5, 5.41) is 15.3. The van der Waals surface area contributed by atoms with E-state index in [4.69, 9.17) is 4.74 Å². The number of carbonyl (C=O) groups is 1. The summed E-state index contributed by atoms with van der Waals surface area (Å²) in [5.74, 6) is 0.799. The van der Waals surface area contributed by atoms with E-state index in [1.165, 1.54) is 34.2 Å². The number of carbonyl (C=O) groups excluding carboxylic acids is 1. The van der Waals surface area contributed by atoms with Gasteiger partial charge in [-0.25, -0.2) is 0 Å². The Hall–Kier alpha value is -2.58. The van der Waals surface area contributed by atoms with E-state index in [9.17, 15) is 4.79 Å². The maximum absolute atomic E-state index is 12.8. The molecule has 1 amide bonds. The van der Waals surface area contributed by atoms with Crippen LogP contribution in [0.3, 0.4) is 0 Å². The van der Waals surface area contributed by atoms with Gasteiger partial charge in [0.2, 0.25) is 11.0 Å². The normalized spacial score (nSPS) is 16.4. The summed E-state index contributed by atoms with van der Waals surface area (Å²) in [6, 6.07) is 16.1. The van der Waals surface area contributed by atoms with Crippen LogP contribution in [0.5, 0.6) is 5.75 Å². The van der Waals surface area contributed by atoms with E-state index >= 15 is 0 Å². The lowest BCUT2D eigenvalue weighted by molar-refractivity contribution is -0.121. The van der Waals surface area contributed by atoms with Crippen LogP contribution in [-0.2, 0) is 11.2 Å². The summed E-state index contributed by atoms with van der Waals surface area (Å²) in [4.78, 5) is 12.8. The van der Waals surface area contributed by atoms with Gasteiger partial charge in [0.1, 0.15) is 5.75 Å². The molecule has 8 heteroatoms. The zero-order chi connectivity index (χ0) is 20.9. The fourth-order valence-corrected chi connectivity index (χ4v) is 5.46. The van der Waals surface area contributed by atoms with Gasteiger partial charge < -0.3 is 15.4 Å². The van der Waals surface area contributed by atoms with Gasteiger partial charge in [-0.15, -0.1) is 10.2 Å². The molecule has 6 nitrogen and oxygen atoms in total. The molecule has 0 bridgehead atoms. The van der Waals surface area contributed by atoms with Crippen LogP contribution in [0.2, 0.25) is 0 Å². The van der Waals surface area contributed by atoms with Gasteiger partial charge >= 0.3 is 0 Å². The molecule has 1 aromatic heterocycles. The second-order valence-corrected chi connectivity index (χ2v) is 9.71. The number of hydrogen-bond acceptors (Lipinski definition) is 7. The third kappa shape index (κ3) is 4.94. The third-order valence-corrected chi connectivity index (χ3v) is 7.08. The Morgan fingerprint density at radius 2 is 2.10 bits per heavy atom. The number of rotatable bonds is 7. The van der Waals surface area contributed by atoms with Crippen LogP contribution >= 0.6 is 23.1 Å². The Morgan fingerprint density at radius 1 is 1.23 bits per heavy atom. The first kappa shape index (κ1) is 20.7. The van der Waals surface area contributed by atoms with Gasteiger partial charge in [-0.05, 0) is 49.4 Å². The van der Waals surface area contributed by atoms with Gasteiger partial charge in [0.15, 0.2) is 4.34 Å². The maximum atomic E-state index is 12.8. The number of benzene rings is 2. The second-order valence-electron chi connectivity index (χ2n) is 7.14. The Labute approximate surface area is 184 Å². The molecule has 0 aliphatic heterocycles. The predicted octanol–water partition coefficient (Wildman–Crippen LogP) is 4.96. The van der Waals surface area contributed by atoms with Crippen LogP contribution in [0.1, 0.15) is 36.9 Å². The lowest BCUT2D eigenvalue weighted by atomic mass is 9.88. The SMILES string of the molecule is COc1cccc(Nc2nnc(S[C@H](C)C(=O)N[C@@H]3CCCc4ccccc43)s2)c1. The fourth-order valence-electron chi connectivity index (χ4n) is 3.53. The predicted molar refractivity (Wildman–Crippen MR) is 122 cm³/mol. The number of hydrogen-bond donors (Lipinski definition) is 2. The van der Waals surface area contributed by atoms with E-state index in [0.717, 1.165) is 35.0 Å². The molecule has 0 radical (unpaired) electrons. The molecular formula is C22H24N4O2S2. The molecule has 0 spiro atoms. The molecule has 4 rings (SSSR count). The third-order valence-electron chi connectivity index (χ3n) is 5.06. The summed E-state index contributed by atoms with van der Waals surface area (Å²) < 4.78 is 6.00. The van der Waals surface area contributed by atoms with Gasteiger partial charge in [-0.2, -0.15) is 0 Å². The van der Waals surface area contributed by atoms with Crippen molar-refractivity contribution >= 4 is 39.8 Å². The first-order valence-corrected chi connectivity index (χ1v) is 11.6. The molecule has 0 saturated heterocycles. The second kappa shape index (κ2) is 9.49. The van der Waals surface area contributed by atoms with Crippen molar-refractivity contribution in [3.05, 3.63) is 59.7 Å². The van der Waals surface area contributed by atoms with E-state index in [2.05, 4.69) is 39.0 Å². The number of aryl methyl sites for hydroxylation is 1. The van der Waals surface area contributed by atoms with Crippen molar-refractivity contribution in [2.45, 2.75) is 41.8 Å². The van der Waals surface area contributed by atoms with Crippen molar-refractivity contribution in [1.82, 2.24) is 15.5 Å². The first-order valence-electron chi connectivity index (χ1n) is 9.92. The van der Waals surface area contributed by atoms with Crippen molar-refractivity contribution in [2.24, 2.45) is 0 Å². The monoisotopic (exact) mass is 440 g/mol. The van der Waals surface area contributed by atoms with E-state index in [1.807, 2.05) is 37.3 Å². The number of fused-ring (bicyclic) bond motifs is 1. The fraction of sp³-hybridized carbons (Fsp3) is 0.318. The highest BCUT2D eigenvalue weighted by molar-refractivity contribution is 8.02. The van der Waals surface area contributed by atoms with E-state index in [0.29, 0.717) is 5.13 Å². The van der Waals surface area contributed by atoms with Crippen LogP contribution in [-0.4, -0.2) is 28.5 Å². The molecule has 0 unspecified atom stereocenters. The van der Waals surface area contributed by atoms with E-state index < -0.39 is 0 Å². The van der Waals surface area contributed by atoms with Gasteiger partial charge in [0.05, 0.1) is 18.4 Å². The molecule has 0 fully saturated rings. The van der Waals surface area contributed by atoms with Crippen LogP contribution in [0.15, 0.2) is 52.9 Å². The highest BCUT2D eigenvalue weighted by Crippen LogP contribution is 2.33. The number of ether oxygens (including phenoxy) is 1. The van der Waals surface area contributed by atoms with E-state index in [-0.39, 0.29) is 17.2 Å². The van der Waals surface area contributed by atoms with Crippen LogP contribution in [0.4, 0.5) is 10.8 Å². The quantitative estimate of drug-likeness (QED) is 0.506. The first-order chi connectivity index (χ1) is 14.6. The highest BCUT2D eigenvalue weighted by atomic mass is 32.2. The average molecular weight is 441 g/mol. The number of thioether (sulfide) groups is 1. The largest absolute Gasteiger partial charge is 0.497 e. The van der Waals surface area contributed by atoms with Gasteiger partial charge in [0, 0.05) is 11.8 Å². The molecule has 1 aliphatic carbocycles. The molecule has 3 aromatic rings. The number of nitrogens with one attached hydrogen (secondary N) is 2. The minimum absolute atomic E-state index is 0.0270. The minimum atomic E-state index is -0.253. The smallest absolute Gasteiger partial charge is 0.233 e. The molecule has 2 N–H and O–H groups in total. The Kier molecular flexibility index (Phi) is 6.54. The van der Waals surface area contributed by atoms with Crippen molar-refractivity contribution in [3.63, 3.8) is 0 Å². The summed E-state index contributed by atoms with van der Waals surface area (Å²) >= 11 is 2.86. The van der Waals surface area contributed by atoms with Crippen molar-refractivity contribution in [2.75, 3.05) is 12.4 Å². The number of methoxy groups -OCH3 is 1. The van der Waals surface area contributed by atoms with Gasteiger partial charge in [-0.1, -0.05) is 53.4 Å². The molecule has 0 saturated carbocycles. The molecule has 156 valence electrons. The summed E-state index contributed by atoms with van der Waals surface area (Å²) in [7, 11) is 1.64. The van der Waals surface area contributed by atoms with Gasteiger partial charge in [-0.3, -0.25) is 4.79 Å². The standard InChI is InChI=1S/C22H24N4O2S2/c1-14(20(27)24-19-12-5-8-15-7-3-4-11-18(15)19)29-22-26-25-21(30-22)23-16-9-6-10-17(13-16)28-2/h3-4,6-7,9-11,13-14,19H,5,8,12H2,1-2H3,(H,23,25)(H,24,27)/t14-,19-/m1/s1. The molecule has 2 atom stereocenters. The van der Waals surface area contributed by atoms with Crippen molar-refractivity contribution in [3.8, 4) is 5.75 Å². The number of nitrogens with zero attached hydrogens (tertiary/aromatic N) is 2. The topological polar surface area (TPSA) is 76.1 Å². The lowest BCUT2D eigenvalue weighted by Gasteiger charge is -2.27. The average Bonchev–Trinajstić information content (AvgIpc) is 3.20. The molecule has 1 heterocycles.